The van der Waals surface area contributed by atoms with E-state index in [0.29, 0.717) is 31.0 Å². The summed E-state index contributed by atoms with van der Waals surface area (Å²) >= 11 is 1.38. The maximum atomic E-state index is 13.5. The zero-order valence-corrected chi connectivity index (χ0v) is 20.3. The maximum Gasteiger partial charge on any atom is 0.262 e. The quantitative estimate of drug-likeness (QED) is 0.509. The number of hydrogen-bond acceptors (Lipinski definition) is 5. The Labute approximate surface area is 205 Å². The minimum Gasteiger partial charge on any atom is -0.494 e. The number of carbonyl (C=O) groups excluding carboxylic acids is 2. The summed E-state index contributed by atoms with van der Waals surface area (Å²) in [5.74, 6) is 0.670. The van der Waals surface area contributed by atoms with Crippen molar-refractivity contribution in [3.63, 3.8) is 0 Å². The fraction of sp³-hybridized carbons (Fsp3) is 0.333. The number of thiophene rings is 1. The van der Waals surface area contributed by atoms with Crippen LogP contribution in [0.15, 0.2) is 72.1 Å². The number of amides is 2. The average molecular weight is 478 g/mol. The number of rotatable bonds is 9. The summed E-state index contributed by atoms with van der Waals surface area (Å²) in [6.07, 6.45) is 0.475. The first-order chi connectivity index (χ1) is 16.6. The van der Waals surface area contributed by atoms with Gasteiger partial charge in [0.05, 0.1) is 11.5 Å². The van der Waals surface area contributed by atoms with Gasteiger partial charge in [-0.2, -0.15) is 0 Å². The molecule has 0 spiro atoms. The highest BCUT2D eigenvalue weighted by Gasteiger charge is 2.29. The zero-order chi connectivity index (χ0) is 23.8. The van der Waals surface area contributed by atoms with Gasteiger partial charge in [0.15, 0.2) is 0 Å². The van der Waals surface area contributed by atoms with E-state index in [9.17, 15) is 9.59 Å². The van der Waals surface area contributed by atoms with Gasteiger partial charge in [0.2, 0.25) is 5.91 Å². The minimum atomic E-state index is -0.588. The van der Waals surface area contributed by atoms with E-state index in [2.05, 4.69) is 22.3 Å². The number of carbonyl (C=O) groups is 2. The molecular weight excluding hydrogens is 446 g/mol. The Morgan fingerprint density at radius 1 is 0.941 bits per heavy atom. The Hall–Kier alpha value is -3.16. The lowest BCUT2D eigenvalue weighted by Crippen LogP contribution is -2.55. The Kier molecular flexibility index (Phi) is 8.33. The van der Waals surface area contributed by atoms with Gasteiger partial charge in [0, 0.05) is 39.1 Å². The first-order valence-corrected chi connectivity index (χ1v) is 12.6. The molecule has 0 radical (unpaired) electrons. The van der Waals surface area contributed by atoms with Crippen LogP contribution >= 0.6 is 11.3 Å². The summed E-state index contributed by atoms with van der Waals surface area (Å²) in [4.78, 5) is 31.0. The van der Waals surface area contributed by atoms with Crippen molar-refractivity contribution in [2.75, 3.05) is 32.8 Å². The molecule has 34 heavy (non-hydrogen) atoms. The van der Waals surface area contributed by atoms with Gasteiger partial charge in [0.25, 0.3) is 5.91 Å². The van der Waals surface area contributed by atoms with E-state index < -0.39 is 6.04 Å². The zero-order valence-electron chi connectivity index (χ0n) is 19.5. The maximum absolute atomic E-state index is 13.5. The van der Waals surface area contributed by atoms with Gasteiger partial charge < -0.3 is 15.0 Å². The molecule has 7 heteroatoms. The van der Waals surface area contributed by atoms with Crippen LogP contribution < -0.4 is 10.1 Å². The number of nitrogens with zero attached hydrogens (tertiary/aromatic N) is 2. The molecule has 1 N–H and O–H groups in total. The van der Waals surface area contributed by atoms with E-state index in [1.54, 1.807) is 6.07 Å². The number of nitrogens with one attached hydrogen (secondary N) is 1. The molecule has 2 amide bonds. The van der Waals surface area contributed by atoms with Crippen LogP contribution in [0.2, 0.25) is 0 Å². The van der Waals surface area contributed by atoms with Crippen molar-refractivity contribution in [2.24, 2.45) is 0 Å². The van der Waals surface area contributed by atoms with Crippen LogP contribution in [0.5, 0.6) is 5.75 Å². The average Bonchev–Trinajstić information content (AvgIpc) is 3.41. The Morgan fingerprint density at radius 2 is 1.68 bits per heavy atom. The van der Waals surface area contributed by atoms with Crippen molar-refractivity contribution in [1.29, 1.82) is 0 Å². The van der Waals surface area contributed by atoms with Crippen molar-refractivity contribution in [1.82, 2.24) is 15.1 Å². The van der Waals surface area contributed by atoms with Gasteiger partial charge in [-0.05, 0) is 41.6 Å². The van der Waals surface area contributed by atoms with Crippen LogP contribution in [0.3, 0.4) is 0 Å². The van der Waals surface area contributed by atoms with E-state index >= 15 is 0 Å². The van der Waals surface area contributed by atoms with E-state index in [0.717, 1.165) is 30.9 Å². The second kappa shape index (κ2) is 11.8. The SMILES string of the molecule is CCOc1ccc(CN2CCN(C(=O)C(Cc3ccccc3)NC(=O)c3cccs3)CC2)cc1. The van der Waals surface area contributed by atoms with Crippen LogP contribution in [-0.4, -0.2) is 60.4 Å². The molecule has 0 aliphatic carbocycles. The van der Waals surface area contributed by atoms with Crippen molar-refractivity contribution in [3.05, 3.63) is 88.1 Å². The molecule has 4 rings (SSSR count). The summed E-state index contributed by atoms with van der Waals surface area (Å²) in [7, 11) is 0. The van der Waals surface area contributed by atoms with E-state index in [1.807, 2.05) is 65.7 Å². The second-order valence-electron chi connectivity index (χ2n) is 8.37. The van der Waals surface area contributed by atoms with Gasteiger partial charge in [-0.15, -0.1) is 11.3 Å². The standard InChI is InChI=1S/C27H31N3O3S/c1-2-33-23-12-10-22(11-13-23)20-29-14-16-30(17-15-29)27(32)24(19-21-7-4-3-5-8-21)28-26(31)25-9-6-18-34-25/h3-13,18,24H,2,14-17,19-20H2,1H3,(H,28,31). The van der Waals surface area contributed by atoms with Crippen molar-refractivity contribution >= 4 is 23.2 Å². The first-order valence-electron chi connectivity index (χ1n) is 11.7. The van der Waals surface area contributed by atoms with Crippen LogP contribution in [0.1, 0.15) is 27.7 Å². The van der Waals surface area contributed by atoms with E-state index in [1.165, 1.54) is 16.9 Å². The first kappa shape index (κ1) is 24.0. The van der Waals surface area contributed by atoms with Crippen molar-refractivity contribution < 1.29 is 14.3 Å². The van der Waals surface area contributed by atoms with Crippen LogP contribution in [0.25, 0.3) is 0 Å². The lowest BCUT2D eigenvalue weighted by atomic mass is 10.0. The molecule has 0 saturated carbocycles. The van der Waals surface area contributed by atoms with Gasteiger partial charge in [-0.25, -0.2) is 0 Å². The molecule has 2 heterocycles. The van der Waals surface area contributed by atoms with Crippen molar-refractivity contribution in [3.8, 4) is 5.75 Å². The fourth-order valence-corrected chi connectivity index (χ4v) is 4.78. The molecule has 178 valence electrons. The van der Waals surface area contributed by atoms with Gasteiger partial charge in [0.1, 0.15) is 11.8 Å². The molecule has 0 bridgehead atoms. The highest BCUT2D eigenvalue weighted by Crippen LogP contribution is 2.16. The lowest BCUT2D eigenvalue weighted by Gasteiger charge is -2.36. The molecular formula is C27H31N3O3S. The van der Waals surface area contributed by atoms with Crippen LogP contribution in [-0.2, 0) is 17.8 Å². The molecule has 1 aliphatic rings. The highest BCUT2D eigenvalue weighted by molar-refractivity contribution is 7.12. The minimum absolute atomic E-state index is 0.0190. The summed E-state index contributed by atoms with van der Waals surface area (Å²) in [6, 6.07) is 21.1. The Bertz CT molecular complexity index is 1050. The molecule has 1 saturated heterocycles. The number of hydrogen-bond donors (Lipinski definition) is 1. The third-order valence-corrected chi connectivity index (χ3v) is 6.82. The number of benzene rings is 2. The van der Waals surface area contributed by atoms with Crippen LogP contribution in [0, 0.1) is 0 Å². The molecule has 2 aromatic carbocycles. The molecule has 1 aromatic heterocycles. The summed E-state index contributed by atoms with van der Waals surface area (Å²) in [5, 5.41) is 4.85. The third kappa shape index (κ3) is 6.46. The van der Waals surface area contributed by atoms with E-state index in [-0.39, 0.29) is 11.8 Å². The third-order valence-electron chi connectivity index (χ3n) is 5.96. The number of piperazine rings is 1. The predicted octanol–water partition coefficient (Wildman–Crippen LogP) is 3.83. The van der Waals surface area contributed by atoms with Crippen molar-refractivity contribution in [2.45, 2.75) is 25.9 Å². The van der Waals surface area contributed by atoms with E-state index in [4.69, 9.17) is 4.74 Å². The van der Waals surface area contributed by atoms with Gasteiger partial charge in [-0.1, -0.05) is 48.5 Å². The predicted molar refractivity (Wildman–Crippen MR) is 135 cm³/mol. The smallest absolute Gasteiger partial charge is 0.262 e. The monoisotopic (exact) mass is 477 g/mol. The van der Waals surface area contributed by atoms with Crippen LogP contribution in [0.4, 0.5) is 0 Å². The van der Waals surface area contributed by atoms with Gasteiger partial charge >= 0.3 is 0 Å². The largest absolute Gasteiger partial charge is 0.494 e. The fourth-order valence-electron chi connectivity index (χ4n) is 4.15. The molecule has 3 aromatic rings. The van der Waals surface area contributed by atoms with Gasteiger partial charge in [-0.3, -0.25) is 14.5 Å². The molecule has 1 atom stereocenters. The molecule has 6 nitrogen and oxygen atoms in total. The highest BCUT2D eigenvalue weighted by atomic mass is 32.1. The molecule has 1 aliphatic heterocycles. The number of ether oxygens (including phenoxy) is 1. The Morgan fingerprint density at radius 3 is 2.32 bits per heavy atom. The second-order valence-corrected chi connectivity index (χ2v) is 9.32. The summed E-state index contributed by atoms with van der Waals surface area (Å²) in [6.45, 7) is 6.38. The lowest BCUT2D eigenvalue weighted by molar-refractivity contribution is -0.135. The normalized spacial score (nSPS) is 15.0. The summed E-state index contributed by atoms with van der Waals surface area (Å²) < 4.78 is 5.52. The molecule has 1 unspecified atom stereocenters. The summed E-state index contributed by atoms with van der Waals surface area (Å²) in [5.41, 5.74) is 2.26. The molecule has 1 fully saturated rings. The Balaban J connectivity index is 1.36. The topological polar surface area (TPSA) is 61.9 Å².